The highest BCUT2D eigenvalue weighted by atomic mass is 19.1. The molecule has 0 amide bonds. The van der Waals surface area contributed by atoms with Gasteiger partial charge in [0.15, 0.2) is 0 Å². The standard InChI is InChI=1S/C13H18FN/c1-9(2)7-13(15-4)12-6-5-11(14)8-10(12)3/h5-8,13,15H,1-4H3. The predicted octanol–water partition coefficient (Wildman–Crippen LogP) is 3.36. The van der Waals surface area contributed by atoms with Gasteiger partial charge in [0, 0.05) is 0 Å². The normalized spacial score (nSPS) is 12.3. The number of hydrogen-bond donors (Lipinski definition) is 1. The number of halogens is 1. The SMILES string of the molecule is CNC(C=C(C)C)c1ccc(F)cc1C. The van der Waals surface area contributed by atoms with Crippen LogP contribution in [-0.4, -0.2) is 7.05 Å². The molecule has 0 spiro atoms. The zero-order chi connectivity index (χ0) is 11.4. The van der Waals surface area contributed by atoms with Crippen LogP contribution in [0.1, 0.15) is 31.0 Å². The lowest BCUT2D eigenvalue weighted by Gasteiger charge is -2.15. The fourth-order valence-corrected chi connectivity index (χ4v) is 1.65. The summed E-state index contributed by atoms with van der Waals surface area (Å²) in [6, 6.07) is 5.07. The molecule has 1 aromatic rings. The van der Waals surface area contributed by atoms with E-state index in [9.17, 15) is 4.39 Å². The van der Waals surface area contributed by atoms with Crippen molar-refractivity contribution in [2.45, 2.75) is 26.8 Å². The molecule has 0 aliphatic rings. The second kappa shape index (κ2) is 5.08. The number of nitrogens with one attached hydrogen (secondary N) is 1. The summed E-state index contributed by atoms with van der Waals surface area (Å²) in [7, 11) is 1.91. The predicted molar refractivity (Wildman–Crippen MR) is 62.4 cm³/mol. The largest absolute Gasteiger partial charge is 0.310 e. The molecule has 0 aliphatic heterocycles. The number of hydrogen-bond acceptors (Lipinski definition) is 1. The van der Waals surface area contributed by atoms with E-state index in [2.05, 4.69) is 25.2 Å². The van der Waals surface area contributed by atoms with Crippen molar-refractivity contribution in [3.05, 3.63) is 46.8 Å². The van der Waals surface area contributed by atoms with Crippen LogP contribution in [0.15, 0.2) is 29.8 Å². The minimum atomic E-state index is -0.177. The molecule has 1 aromatic carbocycles. The van der Waals surface area contributed by atoms with Gasteiger partial charge in [-0.2, -0.15) is 0 Å². The summed E-state index contributed by atoms with van der Waals surface area (Å²) in [4.78, 5) is 0. The highest BCUT2D eigenvalue weighted by molar-refractivity contribution is 5.32. The maximum atomic E-state index is 12.9. The Labute approximate surface area is 91.0 Å². The van der Waals surface area contributed by atoms with Gasteiger partial charge in [-0.1, -0.05) is 17.7 Å². The number of rotatable bonds is 3. The van der Waals surface area contributed by atoms with E-state index in [4.69, 9.17) is 0 Å². The molecule has 15 heavy (non-hydrogen) atoms. The van der Waals surface area contributed by atoms with E-state index in [0.29, 0.717) is 0 Å². The Morgan fingerprint density at radius 3 is 2.53 bits per heavy atom. The second-order valence-electron chi connectivity index (χ2n) is 4.01. The fourth-order valence-electron chi connectivity index (χ4n) is 1.65. The van der Waals surface area contributed by atoms with E-state index in [-0.39, 0.29) is 11.9 Å². The molecule has 1 rings (SSSR count). The zero-order valence-corrected chi connectivity index (χ0v) is 9.76. The van der Waals surface area contributed by atoms with Gasteiger partial charge < -0.3 is 5.32 Å². The van der Waals surface area contributed by atoms with Crippen LogP contribution < -0.4 is 5.32 Å². The summed E-state index contributed by atoms with van der Waals surface area (Å²) in [5.74, 6) is -0.177. The Morgan fingerprint density at radius 1 is 1.40 bits per heavy atom. The third-order valence-electron chi connectivity index (χ3n) is 2.38. The number of aryl methyl sites for hydroxylation is 1. The fraction of sp³-hybridized carbons (Fsp3) is 0.385. The van der Waals surface area contributed by atoms with Gasteiger partial charge in [0.2, 0.25) is 0 Å². The molecule has 0 saturated carbocycles. The maximum Gasteiger partial charge on any atom is 0.123 e. The quantitative estimate of drug-likeness (QED) is 0.749. The average molecular weight is 207 g/mol. The molecule has 1 unspecified atom stereocenters. The van der Waals surface area contributed by atoms with Crippen molar-refractivity contribution in [2.24, 2.45) is 0 Å². The summed E-state index contributed by atoms with van der Waals surface area (Å²) in [6.45, 7) is 6.05. The lowest BCUT2D eigenvalue weighted by atomic mass is 9.99. The molecule has 0 fully saturated rings. The molecule has 0 aliphatic carbocycles. The smallest absolute Gasteiger partial charge is 0.123 e. The van der Waals surface area contributed by atoms with E-state index < -0.39 is 0 Å². The molecule has 1 atom stereocenters. The number of allylic oxidation sites excluding steroid dienone is 1. The summed E-state index contributed by atoms with van der Waals surface area (Å²) >= 11 is 0. The van der Waals surface area contributed by atoms with E-state index in [1.54, 1.807) is 6.07 Å². The minimum absolute atomic E-state index is 0.163. The van der Waals surface area contributed by atoms with Crippen LogP contribution >= 0.6 is 0 Å². The molecular weight excluding hydrogens is 189 g/mol. The van der Waals surface area contributed by atoms with Crippen LogP contribution in [0.25, 0.3) is 0 Å². The lowest BCUT2D eigenvalue weighted by molar-refractivity contribution is 0.622. The molecule has 82 valence electrons. The summed E-state index contributed by atoms with van der Waals surface area (Å²) in [5, 5.41) is 3.21. The Morgan fingerprint density at radius 2 is 2.07 bits per heavy atom. The third kappa shape index (κ3) is 3.17. The van der Waals surface area contributed by atoms with Gasteiger partial charge in [0.1, 0.15) is 5.82 Å². The van der Waals surface area contributed by atoms with Crippen LogP contribution in [0.2, 0.25) is 0 Å². The summed E-state index contributed by atoms with van der Waals surface area (Å²) in [5.41, 5.74) is 3.35. The van der Waals surface area contributed by atoms with Crippen molar-refractivity contribution >= 4 is 0 Å². The topological polar surface area (TPSA) is 12.0 Å². The van der Waals surface area contributed by atoms with Crippen LogP contribution in [0.4, 0.5) is 4.39 Å². The van der Waals surface area contributed by atoms with E-state index in [1.165, 1.54) is 11.6 Å². The third-order valence-corrected chi connectivity index (χ3v) is 2.38. The molecule has 0 saturated heterocycles. The molecule has 2 heteroatoms. The molecule has 1 nitrogen and oxygen atoms in total. The Bertz CT molecular complexity index is 365. The molecule has 0 aromatic heterocycles. The average Bonchev–Trinajstić information content (AvgIpc) is 2.14. The lowest BCUT2D eigenvalue weighted by Crippen LogP contribution is -2.15. The van der Waals surface area contributed by atoms with Gasteiger partial charge in [-0.05, 0) is 51.1 Å². The Kier molecular flexibility index (Phi) is 4.04. The van der Waals surface area contributed by atoms with Crippen LogP contribution in [-0.2, 0) is 0 Å². The monoisotopic (exact) mass is 207 g/mol. The minimum Gasteiger partial charge on any atom is -0.310 e. The Balaban J connectivity index is 3.07. The van der Waals surface area contributed by atoms with Gasteiger partial charge in [0.05, 0.1) is 6.04 Å². The van der Waals surface area contributed by atoms with E-state index in [0.717, 1.165) is 11.1 Å². The van der Waals surface area contributed by atoms with Gasteiger partial charge in [-0.15, -0.1) is 0 Å². The second-order valence-corrected chi connectivity index (χ2v) is 4.01. The highest BCUT2D eigenvalue weighted by Crippen LogP contribution is 2.20. The van der Waals surface area contributed by atoms with Gasteiger partial charge in [0.25, 0.3) is 0 Å². The molecule has 1 N–H and O–H groups in total. The van der Waals surface area contributed by atoms with Crippen LogP contribution in [0.5, 0.6) is 0 Å². The van der Waals surface area contributed by atoms with E-state index >= 15 is 0 Å². The van der Waals surface area contributed by atoms with Crippen LogP contribution in [0, 0.1) is 12.7 Å². The Hall–Kier alpha value is -1.15. The molecular formula is C13H18FN. The first-order valence-corrected chi connectivity index (χ1v) is 5.13. The van der Waals surface area contributed by atoms with Gasteiger partial charge >= 0.3 is 0 Å². The van der Waals surface area contributed by atoms with Crippen molar-refractivity contribution in [2.75, 3.05) is 7.05 Å². The van der Waals surface area contributed by atoms with Crippen molar-refractivity contribution in [3.8, 4) is 0 Å². The number of benzene rings is 1. The van der Waals surface area contributed by atoms with Crippen molar-refractivity contribution in [3.63, 3.8) is 0 Å². The first-order valence-electron chi connectivity index (χ1n) is 5.13. The maximum absolute atomic E-state index is 12.9. The van der Waals surface area contributed by atoms with Crippen LogP contribution in [0.3, 0.4) is 0 Å². The van der Waals surface area contributed by atoms with Crippen molar-refractivity contribution < 1.29 is 4.39 Å². The van der Waals surface area contributed by atoms with Gasteiger partial charge in [-0.25, -0.2) is 4.39 Å². The van der Waals surface area contributed by atoms with Crippen molar-refractivity contribution in [1.82, 2.24) is 5.32 Å². The first-order chi connectivity index (χ1) is 7.04. The van der Waals surface area contributed by atoms with Gasteiger partial charge in [-0.3, -0.25) is 0 Å². The van der Waals surface area contributed by atoms with Crippen molar-refractivity contribution in [1.29, 1.82) is 0 Å². The molecule has 0 radical (unpaired) electrons. The summed E-state index contributed by atoms with van der Waals surface area (Å²) in [6.07, 6.45) is 2.14. The molecule has 0 heterocycles. The number of likely N-dealkylation sites (N-methyl/N-ethyl adjacent to an activating group) is 1. The highest BCUT2D eigenvalue weighted by Gasteiger charge is 2.09. The van der Waals surface area contributed by atoms with E-state index in [1.807, 2.05) is 20.0 Å². The molecule has 0 bridgehead atoms. The zero-order valence-electron chi connectivity index (χ0n) is 9.76. The summed E-state index contributed by atoms with van der Waals surface area (Å²) < 4.78 is 12.9. The first kappa shape index (κ1) is 11.9.